The average Bonchev–Trinajstić information content (AvgIpc) is 2.10. The molecule has 14 heavy (non-hydrogen) atoms. The summed E-state index contributed by atoms with van der Waals surface area (Å²) in [4.78, 5) is 0. The molecule has 0 aliphatic heterocycles. The molecule has 0 fully saturated rings. The van der Waals surface area contributed by atoms with Crippen molar-refractivity contribution in [3.05, 3.63) is 41.1 Å². The summed E-state index contributed by atoms with van der Waals surface area (Å²) >= 11 is 5.86. The van der Waals surface area contributed by atoms with Gasteiger partial charge in [-0.1, -0.05) is 17.3 Å². The predicted octanol–water partition coefficient (Wildman–Crippen LogP) is 3.96. The van der Waals surface area contributed by atoms with Crippen LogP contribution in [-0.4, -0.2) is 8.32 Å². The molecule has 3 heteroatoms. The third-order valence-electron chi connectivity index (χ3n) is 2.00. The molecule has 0 saturated carbocycles. The van der Waals surface area contributed by atoms with Crippen LogP contribution in [0, 0.1) is 6.92 Å². The minimum atomic E-state index is -1.75. The number of hydrogen-bond donors (Lipinski definition) is 0. The van der Waals surface area contributed by atoms with Crippen molar-refractivity contribution in [2.75, 3.05) is 0 Å². The third kappa shape index (κ3) is 2.89. The van der Waals surface area contributed by atoms with Gasteiger partial charge >= 0.3 is 0 Å². The zero-order valence-corrected chi connectivity index (χ0v) is 10.6. The van der Waals surface area contributed by atoms with E-state index < -0.39 is 8.32 Å². The Labute approximate surface area is 91.5 Å². The van der Waals surface area contributed by atoms with Crippen molar-refractivity contribution >= 4 is 19.9 Å². The highest BCUT2D eigenvalue weighted by molar-refractivity contribution is 6.76. The molecule has 1 rings (SSSR count). The van der Waals surface area contributed by atoms with Crippen LogP contribution in [0.5, 0.6) is 5.75 Å². The lowest BCUT2D eigenvalue weighted by atomic mass is 10.2. The highest BCUT2D eigenvalue weighted by atomic mass is 35.5. The van der Waals surface area contributed by atoms with E-state index >= 15 is 0 Å². The molecule has 0 saturated heterocycles. The van der Waals surface area contributed by atoms with Crippen LogP contribution in [0.2, 0.25) is 18.1 Å². The van der Waals surface area contributed by atoms with Gasteiger partial charge < -0.3 is 4.43 Å². The van der Waals surface area contributed by atoms with Gasteiger partial charge in [-0.3, -0.25) is 0 Å². The summed E-state index contributed by atoms with van der Waals surface area (Å²) in [7, 11) is -1.75. The highest BCUT2D eigenvalue weighted by Crippen LogP contribution is 2.24. The Hall–Kier alpha value is -0.733. The smallest absolute Gasteiger partial charge is 0.269 e. The maximum atomic E-state index is 5.90. The summed E-state index contributed by atoms with van der Waals surface area (Å²) in [5.41, 5.74) is 2.99. The Balaban J connectivity index is 2.92. The van der Waals surface area contributed by atoms with Gasteiger partial charge in [0.15, 0.2) is 0 Å². The zero-order chi connectivity index (χ0) is 10.8. The van der Waals surface area contributed by atoms with Crippen LogP contribution in [0.4, 0.5) is 0 Å². The Bertz CT molecular complexity index is 347. The first-order valence-corrected chi connectivity index (χ1v) is 7.90. The quantitative estimate of drug-likeness (QED) is 0.709. The van der Waals surface area contributed by atoms with E-state index in [4.69, 9.17) is 16.0 Å². The fourth-order valence-electron chi connectivity index (χ4n) is 1.05. The van der Waals surface area contributed by atoms with Crippen LogP contribution in [0.3, 0.4) is 0 Å². The van der Waals surface area contributed by atoms with Crippen molar-refractivity contribution in [2.45, 2.75) is 20.0 Å². The van der Waals surface area contributed by atoms with Crippen LogP contribution in [0.25, 0.3) is 0 Å². The lowest BCUT2D eigenvalue weighted by molar-refractivity contribution is 0.558. The minimum absolute atomic E-state index is 0.743. The number of hydrogen-bond acceptors (Lipinski definition) is 1. The van der Waals surface area contributed by atoms with Crippen molar-refractivity contribution in [2.24, 2.45) is 0 Å². The third-order valence-corrected chi connectivity index (χ3v) is 3.97. The second-order valence-corrected chi connectivity index (χ2v) is 8.08. The Morgan fingerprint density at radius 2 is 2.07 bits per heavy atom. The van der Waals surface area contributed by atoms with Gasteiger partial charge in [-0.05, 0) is 43.8 Å². The van der Waals surface area contributed by atoms with Gasteiger partial charge in [0, 0.05) is 5.02 Å². The summed E-state index contributed by atoms with van der Waals surface area (Å²) in [5, 5.41) is 0.743. The highest BCUT2D eigenvalue weighted by Gasteiger charge is 2.20. The van der Waals surface area contributed by atoms with E-state index in [1.165, 1.54) is 0 Å². The number of aryl methyl sites for hydroxylation is 1. The molecule has 0 heterocycles. The molecule has 0 spiro atoms. The molecule has 0 unspecified atom stereocenters. The van der Waals surface area contributed by atoms with Gasteiger partial charge in [-0.15, -0.1) is 6.58 Å². The Morgan fingerprint density at radius 1 is 1.43 bits per heavy atom. The van der Waals surface area contributed by atoms with Crippen LogP contribution < -0.4 is 4.43 Å². The molecule has 1 aromatic rings. The van der Waals surface area contributed by atoms with Crippen molar-refractivity contribution in [3.63, 3.8) is 0 Å². The molecule has 76 valence electrons. The second kappa shape index (κ2) is 4.19. The van der Waals surface area contributed by atoms with E-state index in [9.17, 15) is 0 Å². The molecule has 1 nitrogen and oxygen atoms in total. The van der Waals surface area contributed by atoms with Crippen LogP contribution >= 0.6 is 11.6 Å². The summed E-state index contributed by atoms with van der Waals surface area (Å²) in [6.45, 7) is 9.99. The van der Waals surface area contributed by atoms with Crippen molar-refractivity contribution in [1.82, 2.24) is 0 Å². The topological polar surface area (TPSA) is 9.23 Å². The molecule has 0 aliphatic carbocycles. The van der Waals surface area contributed by atoms with Crippen molar-refractivity contribution < 1.29 is 4.43 Å². The van der Waals surface area contributed by atoms with Crippen LogP contribution in [0.15, 0.2) is 30.5 Å². The van der Waals surface area contributed by atoms with Gasteiger partial charge in [-0.25, -0.2) is 0 Å². The first-order chi connectivity index (χ1) is 6.44. The summed E-state index contributed by atoms with van der Waals surface area (Å²) in [5.74, 6) is 0.908. The van der Waals surface area contributed by atoms with Gasteiger partial charge in [0.1, 0.15) is 5.75 Å². The first-order valence-electron chi connectivity index (χ1n) is 4.53. The standard InChI is InChI=1S/C11H15ClOSi/c1-5-14(3,4)13-11-7-6-10(12)8-9(11)2/h5-8H,1H2,2-4H3. The number of benzene rings is 1. The van der Waals surface area contributed by atoms with Crippen molar-refractivity contribution in [1.29, 1.82) is 0 Å². The maximum Gasteiger partial charge on any atom is 0.269 e. The fraction of sp³-hybridized carbons (Fsp3) is 0.273. The van der Waals surface area contributed by atoms with E-state index in [0.29, 0.717) is 0 Å². The maximum absolute atomic E-state index is 5.90. The fourth-order valence-corrected chi connectivity index (χ4v) is 2.16. The second-order valence-electron chi connectivity index (χ2n) is 3.82. The molecule has 0 bridgehead atoms. The average molecular weight is 227 g/mol. The van der Waals surface area contributed by atoms with Gasteiger partial charge in [0.05, 0.1) is 0 Å². The monoisotopic (exact) mass is 226 g/mol. The molecule has 1 aromatic carbocycles. The first kappa shape index (κ1) is 11.3. The summed E-state index contributed by atoms with van der Waals surface area (Å²) in [6, 6.07) is 5.66. The van der Waals surface area contributed by atoms with E-state index in [1.54, 1.807) is 0 Å². The predicted molar refractivity (Wildman–Crippen MR) is 64.5 cm³/mol. The van der Waals surface area contributed by atoms with E-state index in [0.717, 1.165) is 16.3 Å². The lowest BCUT2D eigenvalue weighted by Gasteiger charge is -2.21. The molecule has 0 atom stereocenters. The largest absolute Gasteiger partial charge is 0.540 e. The molecular weight excluding hydrogens is 212 g/mol. The number of halogens is 1. The van der Waals surface area contributed by atoms with Crippen molar-refractivity contribution in [3.8, 4) is 5.75 Å². The van der Waals surface area contributed by atoms with E-state index in [1.807, 2.05) is 30.8 Å². The zero-order valence-electron chi connectivity index (χ0n) is 8.80. The molecule has 0 aromatic heterocycles. The summed E-state index contributed by atoms with van der Waals surface area (Å²) in [6.07, 6.45) is 0. The van der Waals surface area contributed by atoms with Gasteiger partial charge in [0.25, 0.3) is 8.32 Å². The molecular formula is C11H15ClOSi. The minimum Gasteiger partial charge on any atom is -0.540 e. The lowest BCUT2D eigenvalue weighted by Crippen LogP contribution is -2.31. The molecule has 0 radical (unpaired) electrons. The van der Waals surface area contributed by atoms with Crippen LogP contribution in [-0.2, 0) is 0 Å². The normalized spacial score (nSPS) is 11.1. The van der Waals surface area contributed by atoms with E-state index in [2.05, 4.69) is 19.7 Å². The summed E-state index contributed by atoms with van der Waals surface area (Å²) < 4.78 is 5.90. The van der Waals surface area contributed by atoms with Crippen LogP contribution in [0.1, 0.15) is 5.56 Å². The molecule has 0 N–H and O–H groups in total. The molecule has 0 amide bonds. The van der Waals surface area contributed by atoms with Gasteiger partial charge in [-0.2, -0.15) is 0 Å². The number of rotatable bonds is 3. The molecule has 0 aliphatic rings. The van der Waals surface area contributed by atoms with E-state index in [-0.39, 0.29) is 0 Å². The Kier molecular flexibility index (Phi) is 3.40. The van der Waals surface area contributed by atoms with Gasteiger partial charge in [0.2, 0.25) is 0 Å². The SMILES string of the molecule is C=C[Si](C)(C)Oc1ccc(Cl)cc1C. The Morgan fingerprint density at radius 3 is 2.57 bits per heavy atom.